The lowest BCUT2D eigenvalue weighted by Crippen LogP contribution is -2.55. The van der Waals surface area contributed by atoms with Crippen molar-refractivity contribution in [2.45, 2.75) is 84.0 Å². The second kappa shape index (κ2) is 10.2. The van der Waals surface area contributed by atoms with E-state index in [4.69, 9.17) is 4.74 Å². The molecule has 0 spiro atoms. The van der Waals surface area contributed by atoms with Crippen LogP contribution in [0.3, 0.4) is 0 Å². The van der Waals surface area contributed by atoms with Crippen LogP contribution in [0.4, 0.5) is 4.79 Å². The first-order chi connectivity index (χ1) is 15.2. The number of ether oxygens (including phenoxy) is 1. The third kappa shape index (κ3) is 9.12. The van der Waals surface area contributed by atoms with Crippen LogP contribution in [0.15, 0.2) is 54.1 Å². The van der Waals surface area contributed by atoms with Crippen LogP contribution in [0, 0.1) is 0 Å². The summed E-state index contributed by atoms with van der Waals surface area (Å²) in [6.45, 7) is 13.0. The maximum Gasteiger partial charge on any atom is 0.408 e. The highest BCUT2D eigenvalue weighted by atomic mass is 16.6. The number of nitrogens with one attached hydrogen (secondary N) is 3. The molecule has 0 radical (unpaired) electrons. The molecule has 180 valence electrons. The van der Waals surface area contributed by atoms with Crippen LogP contribution >= 0.6 is 0 Å². The number of carbonyl (C=O) groups excluding carboxylic acids is 3. The number of benzene rings is 1. The third-order valence-corrected chi connectivity index (χ3v) is 4.83. The van der Waals surface area contributed by atoms with E-state index in [0.29, 0.717) is 18.4 Å². The molecule has 1 aromatic carbocycles. The summed E-state index contributed by atoms with van der Waals surface area (Å²) in [4.78, 5) is 38.0. The quantitative estimate of drug-likeness (QED) is 0.608. The fraction of sp³-hybridized carbons (Fsp3) is 0.500. The summed E-state index contributed by atoms with van der Waals surface area (Å²) in [7, 11) is 0. The van der Waals surface area contributed by atoms with E-state index in [0.717, 1.165) is 5.56 Å². The first-order valence-electron chi connectivity index (χ1n) is 11.2. The molecular formula is C26H37N3O4. The molecular weight excluding hydrogens is 418 g/mol. The first-order valence-corrected chi connectivity index (χ1v) is 11.2. The highest BCUT2D eigenvalue weighted by molar-refractivity contribution is 5.97. The molecule has 0 saturated heterocycles. The number of rotatable bonds is 6. The molecule has 2 atom stereocenters. The highest BCUT2D eigenvalue weighted by Crippen LogP contribution is 2.22. The van der Waals surface area contributed by atoms with Gasteiger partial charge in [0.1, 0.15) is 11.6 Å². The molecule has 0 aromatic heterocycles. The Hall–Kier alpha value is -3.09. The van der Waals surface area contributed by atoms with E-state index >= 15 is 0 Å². The Morgan fingerprint density at radius 3 is 2.21 bits per heavy atom. The third-order valence-electron chi connectivity index (χ3n) is 4.83. The summed E-state index contributed by atoms with van der Waals surface area (Å²) in [5, 5.41) is 8.66. The van der Waals surface area contributed by atoms with Crippen molar-refractivity contribution in [3.8, 4) is 0 Å². The summed E-state index contributed by atoms with van der Waals surface area (Å²) in [5.41, 5.74) is -0.222. The van der Waals surface area contributed by atoms with Crippen molar-refractivity contribution in [1.82, 2.24) is 16.0 Å². The molecule has 2 rings (SSSR count). The minimum absolute atomic E-state index is 0.152. The molecule has 7 nitrogen and oxygen atoms in total. The molecule has 0 heterocycles. The lowest BCUT2D eigenvalue weighted by atomic mass is 9.89. The van der Waals surface area contributed by atoms with Gasteiger partial charge in [0.15, 0.2) is 0 Å². The van der Waals surface area contributed by atoms with Crippen LogP contribution in [0.25, 0.3) is 0 Å². The van der Waals surface area contributed by atoms with Gasteiger partial charge in [0.2, 0.25) is 5.91 Å². The number of hydrogen-bond acceptors (Lipinski definition) is 4. The van der Waals surface area contributed by atoms with E-state index in [1.165, 1.54) is 0 Å². The molecule has 0 bridgehead atoms. The average molecular weight is 456 g/mol. The van der Waals surface area contributed by atoms with Gasteiger partial charge in [-0.1, -0.05) is 48.6 Å². The van der Waals surface area contributed by atoms with Gasteiger partial charge in [-0.2, -0.15) is 0 Å². The maximum absolute atomic E-state index is 13.2. The molecule has 0 fully saturated rings. The Kier molecular flexibility index (Phi) is 8.11. The number of amides is 3. The largest absolute Gasteiger partial charge is 0.444 e. The van der Waals surface area contributed by atoms with Crippen LogP contribution in [0.1, 0.15) is 60.5 Å². The molecule has 1 aromatic rings. The first kappa shape index (κ1) is 26.2. The van der Waals surface area contributed by atoms with Crippen LogP contribution in [-0.4, -0.2) is 40.6 Å². The van der Waals surface area contributed by atoms with Gasteiger partial charge in [-0.05, 0) is 60.5 Å². The Balaban J connectivity index is 2.10. The van der Waals surface area contributed by atoms with E-state index < -0.39 is 23.3 Å². The minimum atomic E-state index is -0.818. The van der Waals surface area contributed by atoms with Crippen molar-refractivity contribution in [2.24, 2.45) is 0 Å². The van der Waals surface area contributed by atoms with E-state index in [1.54, 1.807) is 26.8 Å². The van der Waals surface area contributed by atoms with Gasteiger partial charge in [-0.25, -0.2) is 4.79 Å². The van der Waals surface area contributed by atoms with Gasteiger partial charge in [0, 0.05) is 17.5 Å². The SMILES string of the molecule is CC(C)(C)NC(=O)C1=CCC(C)(NC(=O)[C@H](Cc2ccccc2)NC(=O)OC(C)(C)C)C=C1. The molecule has 7 heteroatoms. The fourth-order valence-corrected chi connectivity index (χ4v) is 3.28. The minimum Gasteiger partial charge on any atom is -0.444 e. The van der Waals surface area contributed by atoms with E-state index in [-0.39, 0.29) is 17.4 Å². The highest BCUT2D eigenvalue weighted by Gasteiger charge is 2.31. The van der Waals surface area contributed by atoms with Crippen molar-refractivity contribution >= 4 is 17.9 Å². The normalized spacial score (nSPS) is 19.2. The summed E-state index contributed by atoms with van der Waals surface area (Å²) in [6, 6.07) is 8.66. The van der Waals surface area contributed by atoms with Gasteiger partial charge in [-0.3, -0.25) is 9.59 Å². The van der Waals surface area contributed by atoms with Gasteiger partial charge >= 0.3 is 6.09 Å². The van der Waals surface area contributed by atoms with Crippen molar-refractivity contribution < 1.29 is 19.1 Å². The van der Waals surface area contributed by atoms with Gasteiger partial charge < -0.3 is 20.7 Å². The van der Waals surface area contributed by atoms with E-state index in [2.05, 4.69) is 16.0 Å². The van der Waals surface area contributed by atoms with Crippen molar-refractivity contribution in [3.63, 3.8) is 0 Å². The lowest BCUT2D eigenvalue weighted by Gasteiger charge is -2.32. The summed E-state index contributed by atoms with van der Waals surface area (Å²) in [5.74, 6) is -0.478. The molecule has 3 amide bonds. The smallest absolute Gasteiger partial charge is 0.408 e. The Morgan fingerprint density at radius 2 is 1.70 bits per heavy atom. The van der Waals surface area contributed by atoms with Gasteiger partial charge in [0.25, 0.3) is 5.91 Å². The van der Waals surface area contributed by atoms with Crippen molar-refractivity contribution in [3.05, 3.63) is 59.7 Å². The fourth-order valence-electron chi connectivity index (χ4n) is 3.28. The van der Waals surface area contributed by atoms with Gasteiger partial charge in [0.05, 0.1) is 5.54 Å². The molecule has 0 saturated carbocycles. The number of hydrogen-bond donors (Lipinski definition) is 3. The summed E-state index contributed by atoms with van der Waals surface area (Å²) < 4.78 is 5.35. The standard InChI is InChI=1S/C26H37N3O4/c1-24(2,3)28-21(30)19-13-15-26(7,16-14-19)29-22(31)20(17-18-11-9-8-10-12-18)27-23(32)33-25(4,5)6/h8-15,20H,16-17H2,1-7H3,(H,27,32)(H,28,30)(H,29,31)/t20-,26?/m0/s1. The Labute approximate surface area is 197 Å². The zero-order valence-corrected chi connectivity index (χ0v) is 20.7. The van der Waals surface area contributed by atoms with Crippen LogP contribution in [0.2, 0.25) is 0 Å². The zero-order valence-electron chi connectivity index (χ0n) is 20.7. The predicted octanol–water partition coefficient (Wildman–Crippen LogP) is 3.80. The lowest BCUT2D eigenvalue weighted by molar-refractivity contribution is -0.124. The summed E-state index contributed by atoms with van der Waals surface area (Å²) >= 11 is 0. The van der Waals surface area contributed by atoms with E-state index in [9.17, 15) is 14.4 Å². The second-order valence-corrected chi connectivity index (χ2v) is 10.7. The molecule has 3 N–H and O–H groups in total. The van der Waals surface area contributed by atoms with Gasteiger partial charge in [-0.15, -0.1) is 0 Å². The summed E-state index contributed by atoms with van der Waals surface area (Å²) in [6.07, 6.45) is 5.47. The van der Waals surface area contributed by atoms with Crippen LogP contribution in [-0.2, 0) is 20.7 Å². The molecule has 1 aliphatic rings. The topological polar surface area (TPSA) is 96.5 Å². The van der Waals surface area contributed by atoms with Crippen LogP contribution < -0.4 is 16.0 Å². The molecule has 1 aliphatic carbocycles. The Morgan fingerprint density at radius 1 is 1.06 bits per heavy atom. The molecule has 33 heavy (non-hydrogen) atoms. The molecule has 1 unspecified atom stereocenters. The average Bonchev–Trinajstić information content (AvgIpc) is 2.65. The molecule has 0 aliphatic heterocycles. The van der Waals surface area contributed by atoms with Crippen LogP contribution in [0.5, 0.6) is 0 Å². The monoisotopic (exact) mass is 455 g/mol. The van der Waals surface area contributed by atoms with Crippen molar-refractivity contribution in [2.75, 3.05) is 0 Å². The number of carbonyl (C=O) groups is 3. The van der Waals surface area contributed by atoms with E-state index in [1.807, 2.05) is 70.2 Å². The Bertz CT molecular complexity index is 923. The predicted molar refractivity (Wildman–Crippen MR) is 130 cm³/mol. The number of alkyl carbamates (subject to hydrolysis) is 1. The maximum atomic E-state index is 13.2. The zero-order chi connectivity index (χ0) is 24.9. The second-order valence-electron chi connectivity index (χ2n) is 10.7. The van der Waals surface area contributed by atoms with Crippen molar-refractivity contribution in [1.29, 1.82) is 0 Å².